The van der Waals surface area contributed by atoms with Gasteiger partial charge in [-0.15, -0.1) is 0 Å². The molecule has 2 aliphatic heterocycles. The lowest BCUT2D eigenvalue weighted by Gasteiger charge is -2.28. The van der Waals surface area contributed by atoms with E-state index in [1.165, 1.54) is 0 Å². The summed E-state index contributed by atoms with van der Waals surface area (Å²) in [5.74, 6) is 0.439. The second-order valence-electron chi connectivity index (χ2n) is 14.6. The molecule has 1 unspecified atom stereocenters. The largest absolute Gasteiger partial charge is 0.493 e. The van der Waals surface area contributed by atoms with Crippen LogP contribution in [-0.2, 0) is 45.7 Å². The first-order chi connectivity index (χ1) is 27.2. The van der Waals surface area contributed by atoms with Gasteiger partial charge in [0, 0.05) is 66.4 Å². The molecule has 0 radical (unpaired) electrons. The SMILES string of the molecule is CCOC(=O)c1c(CCCOc2cccc3ccccc23)c2cccc3c2n1Cc1ccccc1NC(S(=O)(=O)CCN1CCOCC1)Cc1nn(C)c(C)c1-3. The topological polar surface area (TPSA) is 117 Å². The third kappa shape index (κ3) is 7.40. The summed E-state index contributed by atoms with van der Waals surface area (Å²) in [5.41, 5.74) is 7.20. The number of benzene rings is 4. The van der Waals surface area contributed by atoms with Gasteiger partial charge < -0.3 is 24.1 Å². The summed E-state index contributed by atoms with van der Waals surface area (Å²) in [6.45, 7) is 7.90. The predicted octanol–water partition coefficient (Wildman–Crippen LogP) is 6.78. The van der Waals surface area contributed by atoms with E-state index in [-0.39, 0.29) is 18.8 Å². The highest BCUT2D eigenvalue weighted by atomic mass is 32.2. The van der Waals surface area contributed by atoms with E-state index in [2.05, 4.69) is 45.1 Å². The number of carbonyl (C=O) groups excluding carboxylic acids is 1. The number of carbonyl (C=O) groups is 1. The molecular formula is C44H49N5O6S. The molecule has 11 nitrogen and oxygen atoms in total. The summed E-state index contributed by atoms with van der Waals surface area (Å²) in [6.07, 6.45) is 1.41. The Labute approximate surface area is 328 Å². The minimum absolute atomic E-state index is 0.00412. The number of esters is 1. The molecule has 0 amide bonds. The maximum Gasteiger partial charge on any atom is 0.355 e. The van der Waals surface area contributed by atoms with Crippen molar-refractivity contribution < 1.29 is 27.4 Å². The van der Waals surface area contributed by atoms with E-state index in [1.807, 2.05) is 80.2 Å². The average Bonchev–Trinajstić information content (AvgIpc) is 3.67. The first kappa shape index (κ1) is 37.7. The fourth-order valence-corrected chi connectivity index (χ4v) is 9.77. The lowest BCUT2D eigenvalue weighted by Crippen LogP contribution is -2.42. The Balaban J connectivity index is 1.23. The van der Waals surface area contributed by atoms with Gasteiger partial charge in [0.05, 0.1) is 49.9 Å². The lowest BCUT2D eigenvalue weighted by atomic mass is 9.97. The zero-order chi connectivity index (χ0) is 38.8. The summed E-state index contributed by atoms with van der Waals surface area (Å²) >= 11 is 0. The lowest BCUT2D eigenvalue weighted by molar-refractivity contribution is 0.0408. The molecule has 8 rings (SSSR count). The van der Waals surface area contributed by atoms with E-state index in [1.54, 1.807) is 0 Å². The monoisotopic (exact) mass is 775 g/mol. The normalized spacial score (nSPS) is 16.2. The minimum Gasteiger partial charge on any atom is -0.493 e. The molecule has 56 heavy (non-hydrogen) atoms. The van der Waals surface area contributed by atoms with Crippen LogP contribution < -0.4 is 10.1 Å². The minimum atomic E-state index is -3.67. The van der Waals surface area contributed by atoms with Crippen molar-refractivity contribution in [3.8, 4) is 16.9 Å². The molecule has 6 aromatic rings. The molecular weight excluding hydrogens is 727 g/mol. The molecule has 292 valence electrons. The number of hydrogen-bond acceptors (Lipinski definition) is 9. The Bertz CT molecular complexity index is 2500. The van der Waals surface area contributed by atoms with E-state index in [9.17, 15) is 13.2 Å². The first-order valence-electron chi connectivity index (χ1n) is 19.5. The number of sulfone groups is 1. The number of nitrogens with one attached hydrogen (secondary N) is 1. The van der Waals surface area contributed by atoms with Crippen LogP contribution in [0.1, 0.15) is 46.3 Å². The van der Waals surface area contributed by atoms with Crippen molar-refractivity contribution in [3.63, 3.8) is 0 Å². The van der Waals surface area contributed by atoms with Crippen LogP contribution in [0.4, 0.5) is 5.69 Å². The molecule has 0 spiro atoms. The van der Waals surface area contributed by atoms with E-state index < -0.39 is 21.2 Å². The van der Waals surface area contributed by atoms with Crippen molar-refractivity contribution >= 4 is 43.2 Å². The Morgan fingerprint density at radius 2 is 1.71 bits per heavy atom. The summed E-state index contributed by atoms with van der Waals surface area (Å²) in [7, 11) is -1.78. The van der Waals surface area contributed by atoms with Gasteiger partial charge >= 0.3 is 5.97 Å². The fraction of sp³-hybridized carbons (Fsp3) is 0.364. The van der Waals surface area contributed by atoms with Gasteiger partial charge in [0.1, 0.15) is 16.8 Å². The van der Waals surface area contributed by atoms with Crippen LogP contribution in [0.3, 0.4) is 0 Å². The highest BCUT2D eigenvalue weighted by Gasteiger charge is 2.33. The number of aromatic nitrogens is 3. The van der Waals surface area contributed by atoms with Crippen LogP contribution in [0.5, 0.6) is 5.75 Å². The Kier molecular flexibility index (Phi) is 10.9. The van der Waals surface area contributed by atoms with Gasteiger partial charge in [0.25, 0.3) is 0 Å². The highest BCUT2D eigenvalue weighted by molar-refractivity contribution is 7.92. The summed E-state index contributed by atoms with van der Waals surface area (Å²) in [5, 5.41) is 10.6. The highest BCUT2D eigenvalue weighted by Crippen LogP contribution is 2.40. The molecule has 1 saturated heterocycles. The van der Waals surface area contributed by atoms with Crippen LogP contribution >= 0.6 is 0 Å². The van der Waals surface area contributed by atoms with Crippen LogP contribution in [0, 0.1) is 6.92 Å². The molecule has 0 bridgehead atoms. The van der Waals surface area contributed by atoms with Crippen LogP contribution in [0.25, 0.3) is 32.8 Å². The molecule has 0 aliphatic carbocycles. The van der Waals surface area contributed by atoms with Crippen molar-refractivity contribution in [2.45, 2.75) is 45.0 Å². The standard InChI is InChI=1S/C44H49N5O6S/c1-4-54-44(50)43-35(18-11-24-55-39-20-9-14-31-12-5-7-15-33(31)39)34-16-10-17-36-41-30(2)47(3)46-38(41)28-40(56(51,52)27-23-48-21-25-53-26-22-48)45-37-19-8-6-13-32(37)29-49(43)42(34)36/h5-10,12-17,19-20,40,45H,4,11,18,21-29H2,1-3H3. The second-order valence-corrected chi connectivity index (χ2v) is 16.9. The third-order valence-electron chi connectivity index (χ3n) is 11.2. The zero-order valence-corrected chi connectivity index (χ0v) is 33.1. The number of fused-ring (bicyclic) bond motifs is 4. The van der Waals surface area contributed by atoms with Gasteiger partial charge in [0.2, 0.25) is 0 Å². The average molecular weight is 776 g/mol. The molecule has 12 heteroatoms. The van der Waals surface area contributed by atoms with E-state index >= 15 is 0 Å². The summed E-state index contributed by atoms with van der Waals surface area (Å²) in [6, 6.07) is 28.2. The zero-order valence-electron chi connectivity index (χ0n) is 32.3. The van der Waals surface area contributed by atoms with E-state index in [4.69, 9.17) is 19.3 Å². The van der Waals surface area contributed by atoms with Crippen LogP contribution in [-0.4, -0.2) is 90.8 Å². The van der Waals surface area contributed by atoms with Crippen molar-refractivity contribution in [3.05, 3.63) is 113 Å². The number of rotatable bonds is 11. The molecule has 1 fully saturated rings. The maximum atomic E-state index is 14.4. The first-order valence-corrected chi connectivity index (χ1v) is 21.3. The Hall–Kier alpha value is -5.17. The number of aryl methyl sites for hydroxylation is 2. The molecule has 0 saturated carbocycles. The third-order valence-corrected chi connectivity index (χ3v) is 13.1. The summed E-state index contributed by atoms with van der Waals surface area (Å²) < 4.78 is 50.3. The van der Waals surface area contributed by atoms with Gasteiger partial charge in [-0.25, -0.2) is 13.2 Å². The van der Waals surface area contributed by atoms with Crippen LogP contribution in [0.15, 0.2) is 84.9 Å². The number of para-hydroxylation sites is 2. The van der Waals surface area contributed by atoms with Crippen molar-refractivity contribution in [1.29, 1.82) is 0 Å². The number of ether oxygens (including phenoxy) is 3. The maximum absolute atomic E-state index is 14.4. The predicted molar refractivity (Wildman–Crippen MR) is 220 cm³/mol. The Morgan fingerprint density at radius 3 is 2.55 bits per heavy atom. The molecule has 2 aromatic heterocycles. The smallest absolute Gasteiger partial charge is 0.355 e. The second kappa shape index (κ2) is 16.1. The van der Waals surface area contributed by atoms with Gasteiger partial charge in [-0.2, -0.15) is 5.10 Å². The van der Waals surface area contributed by atoms with Gasteiger partial charge in [0.15, 0.2) is 9.84 Å². The number of anilines is 1. The number of hydrogen-bond donors (Lipinski definition) is 1. The molecule has 1 atom stereocenters. The molecule has 1 N–H and O–H groups in total. The van der Waals surface area contributed by atoms with E-state index in [0.29, 0.717) is 75.9 Å². The fourth-order valence-electron chi connectivity index (χ4n) is 8.26. The quantitative estimate of drug-likeness (QED) is 0.112. The number of morpholine rings is 1. The van der Waals surface area contributed by atoms with E-state index in [0.717, 1.165) is 55.4 Å². The summed E-state index contributed by atoms with van der Waals surface area (Å²) in [4.78, 5) is 16.3. The molecule has 4 heterocycles. The van der Waals surface area contributed by atoms with Crippen molar-refractivity contribution in [2.24, 2.45) is 7.05 Å². The molecule has 4 aromatic carbocycles. The number of nitrogens with zero attached hydrogens (tertiary/aromatic N) is 4. The van der Waals surface area contributed by atoms with Crippen molar-refractivity contribution in [2.75, 3.05) is 57.1 Å². The molecule has 2 aliphatic rings. The van der Waals surface area contributed by atoms with Gasteiger partial charge in [-0.05, 0) is 55.3 Å². The Morgan fingerprint density at radius 1 is 0.964 bits per heavy atom. The van der Waals surface area contributed by atoms with Gasteiger partial charge in [-0.1, -0.05) is 72.8 Å². The van der Waals surface area contributed by atoms with Crippen LogP contribution in [0.2, 0.25) is 0 Å². The van der Waals surface area contributed by atoms with Crippen molar-refractivity contribution in [1.82, 2.24) is 19.2 Å². The van der Waals surface area contributed by atoms with Gasteiger partial charge in [-0.3, -0.25) is 9.58 Å².